The number of rotatable bonds is 4. The van der Waals surface area contributed by atoms with Crippen molar-refractivity contribution in [3.05, 3.63) is 41.0 Å². The Morgan fingerprint density at radius 2 is 2.00 bits per heavy atom. The third kappa shape index (κ3) is 2.69. The van der Waals surface area contributed by atoms with Crippen LogP contribution in [0.4, 0.5) is 11.8 Å². The average Bonchev–Trinajstić information content (AvgIpc) is 2.88. The molecule has 114 valence electrons. The number of hydrogen-bond donors (Lipinski definition) is 1. The summed E-state index contributed by atoms with van der Waals surface area (Å²) in [5, 5.41) is 9.22. The Morgan fingerprint density at radius 3 is 2.73 bits per heavy atom. The van der Waals surface area contributed by atoms with Crippen LogP contribution in [0.2, 0.25) is 5.02 Å². The summed E-state index contributed by atoms with van der Waals surface area (Å²) < 4.78 is 1.74. The van der Waals surface area contributed by atoms with Crippen LogP contribution >= 0.6 is 11.6 Å². The van der Waals surface area contributed by atoms with Crippen molar-refractivity contribution in [2.45, 2.75) is 6.54 Å². The number of hydrogen-bond acceptors (Lipinski definition) is 5. The van der Waals surface area contributed by atoms with Crippen molar-refractivity contribution in [2.24, 2.45) is 7.05 Å². The van der Waals surface area contributed by atoms with Gasteiger partial charge in [0.15, 0.2) is 5.65 Å². The Labute approximate surface area is 133 Å². The number of aromatic nitrogens is 4. The number of anilines is 2. The maximum atomic E-state index is 6.20. The summed E-state index contributed by atoms with van der Waals surface area (Å²) in [6.45, 7) is 0.591. The zero-order valence-electron chi connectivity index (χ0n) is 12.7. The van der Waals surface area contributed by atoms with Gasteiger partial charge in [0.2, 0.25) is 5.95 Å². The third-order valence-electron chi connectivity index (χ3n) is 3.38. The molecule has 0 saturated heterocycles. The van der Waals surface area contributed by atoms with Crippen LogP contribution < -0.4 is 10.2 Å². The molecule has 0 fully saturated rings. The van der Waals surface area contributed by atoms with E-state index in [0.29, 0.717) is 12.5 Å². The van der Waals surface area contributed by atoms with E-state index in [2.05, 4.69) is 20.4 Å². The average molecular weight is 317 g/mol. The van der Waals surface area contributed by atoms with Crippen molar-refractivity contribution < 1.29 is 0 Å². The first kappa shape index (κ1) is 14.6. The van der Waals surface area contributed by atoms with E-state index in [1.165, 1.54) is 0 Å². The highest BCUT2D eigenvalue weighted by Crippen LogP contribution is 2.24. The van der Waals surface area contributed by atoms with Crippen LogP contribution in [0.3, 0.4) is 0 Å². The number of fused-ring (bicyclic) bond motifs is 1. The standard InChI is InChI=1S/C15H17ClN6/c1-21(2)15-19-13(11-9-18-22(3)14(11)20-15)17-8-10-6-4-5-7-12(10)16/h4-7,9H,8H2,1-3H3,(H,17,19,20). The molecule has 0 aliphatic carbocycles. The molecule has 22 heavy (non-hydrogen) atoms. The lowest BCUT2D eigenvalue weighted by atomic mass is 10.2. The fourth-order valence-electron chi connectivity index (χ4n) is 2.17. The van der Waals surface area contributed by atoms with Crippen molar-refractivity contribution in [1.82, 2.24) is 19.7 Å². The second-order valence-corrected chi connectivity index (χ2v) is 5.62. The van der Waals surface area contributed by atoms with E-state index in [-0.39, 0.29) is 0 Å². The van der Waals surface area contributed by atoms with Crippen LogP contribution in [0.5, 0.6) is 0 Å². The molecular weight excluding hydrogens is 300 g/mol. The lowest BCUT2D eigenvalue weighted by molar-refractivity contribution is 0.784. The quantitative estimate of drug-likeness (QED) is 0.802. The molecule has 3 aromatic rings. The van der Waals surface area contributed by atoms with Crippen LogP contribution in [-0.2, 0) is 13.6 Å². The Hall–Kier alpha value is -2.34. The van der Waals surface area contributed by atoms with Gasteiger partial charge < -0.3 is 10.2 Å². The minimum atomic E-state index is 0.591. The maximum absolute atomic E-state index is 6.20. The lowest BCUT2D eigenvalue weighted by Gasteiger charge is -2.13. The van der Waals surface area contributed by atoms with Crippen LogP contribution in [-0.4, -0.2) is 33.8 Å². The van der Waals surface area contributed by atoms with Gasteiger partial charge in [-0.25, -0.2) is 0 Å². The number of nitrogens with one attached hydrogen (secondary N) is 1. The predicted octanol–water partition coefficient (Wildman–Crippen LogP) is 2.69. The zero-order valence-corrected chi connectivity index (χ0v) is 13.5. The molecule has 0 unspecified atom stereocenters. The van der Waals surface area contributed by atoms with E-state index >= 15 is 0 Å². The molecule has 1 aromatic carbocycles. The number of aryl methyl sites for hydroxylation is 1. The zero-order chi connectivity index (χ0) is 15.7. The molecule has 0 saturated carbocycles. The number of nitrogens with zero attached hydrogens (tertiary/aromatic N) is 5. The molecule has 7 heteroatoms. The third-order valence-corrected chi connectivity index (χ3v) is 3.75. The topological polar surface area (TPSA) is 58.9 Å². The molecular formula is C15H17ClN6. The van der Waals surface area contributed by atoms with Crippen LogP contribution in [0, 0.1) is 0 Å². The van der Waals surface area contributed by atoms with E-state index < -0.39 is 0 Å². The van der Waals surface area contributed by atoms with Gasteiger partial charge in [-0.3, -0.25) is 4.68 Å². The van der Waals surface area contributed by atoms with Crippen molar-refractivity contribution in [3.8, 4) is 0 Å². The number of halogens is 1. The molecule has 0 spiro atoms. The van der Waals surface area contributed by atoms with Crippen molar-refractivity contribution in [3.63, 3.8) is 0 Å². The summed E-state index contributed by atoms with van der Waals surface area (Å²) in [6.07, 6.45) is 1.77. The predicted molar refractivity (Wildman–Crippen MR) is 89.4 cm³/mol. The van der Waals surface area contributed by atoms with Crippen LogP contribution in [0.15, 0.2) is 30.5 Å². The first-order chi connectivity index (χ1) is 10.6. The molecule has 2 heterocycles. The summed E-state index contributed by atoms with van der Waals surface area (Å²) in [6, 6.07) is 7.75. The van der Waals surface area contributed by atoms with Crippen LogP contribution in [0.1, 0.15) is 5.56 Å². The summed E-state index contributed by atoms with van der Waals surface area (Å²) in [5.74, 6) is 1.39. The van der Waals surface area contributed by atoms with Gasteiger partial charge in [0, 0.05) is 32.7 Å². The second kappa shape index (κ2) is 5.81. The van der Waals surface area contributed by atoms with Crippen molar-refractivity contribution in [1.29, 1.82) is 0 Å². The highest BCUT2D eigenvalue weighted by Gasteiger charge is 2.12. The Kier molecular flexibility index (Phi) is 3.85. The molecule has 1 N–H and O–H groups in total. The molecule has 0 radical (unpaired) electrons. The molecule has 0 aliphatic heterocycles. The molecule has 0 atom stereocenters. The first-order valence-corrected chi connectivity index (χ1v) is 7.28. The van der Waals surface area contributed by atoms with Gasteiger partial charge in [-0.15, -0.1) is 0 Å². The van der Waals surface area contributed by atoms with Gasteiger partial charge in [0.25, 0.3) is 0 Å². The summed E-state index contributed by atoms with van der Waals surface area (Å²) >= 11 is 6.20. The largest absolute Gasteiger partial charge is 0.365 e. The van der Waals surface area contributed by atoms with E-state index in [1.807, 2.05) is 50.3 Å². The number of benzene rings is 1. The lowest BCUT2D eigenvalue weighted by Crippen LogP contribution is -2.14. The molecule has 6 nitrogen and oxygen atoms in total. The summed E-state index contributed by atoms with van der Waals surface area (Å²) in [4.78, 5) is 11.0. The Morgan fingerprint density at radius 1 is 1.23 bits per heavy atom. The molecule has 0 bridgehead atoms. The Balaban J connectivity index is 1.97. The highest BCUT2D eigenvalue weighted by molar-refractivity contribution is 6.31. The van der Waals surface area contributed by atoms with Gasteiger partial charge >= 0.3 is 0 Å². The maximum Gasteiger partial charge on any atom is 0.228 e. The van der Waals surface area contributed by atoms with Crippen molar-refractivity contribution in [2.75, 3.05) is 24.3 Å². The minimum Gasteiger partial charge on any atom is -0.365 e. The van der Waals surface area contributed by atoms with Crippen molar-refractivity contribution >= 4 is 34.4 Å². The van der Waals surface area contributed by atoms with E-state index in [9.17, 15) is 0 Å². The fraction of sp³-hybridized carbons (Fsp3) is 0.267. The fourth-order valence-corrected chi connectivity index (χ4v) is 2.37. The van der Waals surface area contributed by atoms with Crippen LogP contribution in [0.25, 0.3) is 11.0 Å². The SMILES string of the molecule is CN(C)c1nc(NCc2ccccc2Cl)c2cnn(C)c2n1. The first-order valence-electron chi connectivity index (χ1n) is 6.90. The van der Waals surface area contributed by atoms with E-state index in [0.717, 1.165) is 27.4 Å². The van der Waals surface area contributed by atoms with E-state index in [1.54, 1.807) is 10.9 Å². The van der Waals surface area contributed by atoms with E-state index in [4.69, 9.17) is 11.6 Å². The van der Waals surface area contributed by atoms with Gasteiger partial charge in [0.05, 0.1) is 11.6 Å². The molecule has 0 aliphatic rings. The van der Waals surface area contributed by atoms with Gasteiger partial charge in [0.1, 0.15) is 5.82 Å². The second-order valence-electron chi connectivity index (χ2n) is 5.22. The smallest absolute Gasteiger partial charge is 0.228 e. The van der Waals surface area contributed by atoms with Gasteiger partial charge in [-0.05, 0) is 11.6 Å². The van der Waals surface area contributed by atoms with Gasteiger partial charge in [-0.2, -0.15) is 15.1 Å². The normalized spacial score (nSPS) is 10.9. The molecule has 0 amide bonds. The monoisotopic (exact) mass is 316 g/mol. The van der Waals surface area contributed by atoms with Gasteiger partial charge in [-0.1, -0.05) is 29.8 Å². The highest BCUT2D eigenvalue weighted by atomic mass is 35.5. The Bertz CT molecular complexity index is 811. The summed E-state index contributed by atoms with van der Waals surface area (Å²) in [7, 11) is 5.69. The molecule has 3 rings (SSSR count). The summed E-state index contributed by atoms with van der Waals surface area (Å²) in [5.41, 5.74) is 1.81. The molecule has 2 aromatic heterocycles. The minimum absolute atomic E-state index is 0.591.